The van der Waals surface area contributed by atoms with Crippen LogP contribution in [0.15, 0.2) is 22.7 Å². The molecule has 0 saturated carbocycles. The molecule has 0 bridgehead atoms. The highest BCUT2D eigenvalue weighted by Gasteiger charge is 2.19. The molecule has 0 heterocycles. The lowest BCUT2D eigenvalue weighted by Crippen LogP contribution is -2.34. The van der Waals surface area contributed by atoms with Gasteiger partial charge in [0.1, 0.15) is 11.4 Å². The maximum Gasteiger partial charge on any atom is 0.408 e. The zero-order valence-corrected chi connectivity index (χ0v) is 13.5. The van der Waals surface area contributed by atoms with E-state index in [0.29, 0.717) is 0 Å². The van der Waals surface area contributed by atoms with Crippen molar-refractivity contribution >= 4 is 22.0 Å². The van der Waals surface area contributed by atoms with Crippen LogP contribution in [-0.2, 0) is 4.74 Å². The van der Waals surface area contributed by atoms with Crippen molar-refractivity contribution in [2.24, 2.45) is 0 Å². The van der Waals surface area contributed by atoms with Crippen molar-refractivity contribution in [2.75, 3.05) is 7.11 Å². The molecule has 0 radical (unpaired) electrons. The molecule has 0 aliphatic heterocycles. The number of carbonyl (C=O) groups is 1. The van der Waals surface area contributed by atoms with Crippen LogP contribution in [-0.4, -0.2) is 18.8 Å². The molecule has 0 fully saturated rings. The fraction of sp³-hybridized carbons (Fsp3) is 0.500. The summed E-state index contributed by atoms with van der Waals surface area (Å²) in [6, 6.07) is 5.45. The third kappa shape index (κ3) is 5.11. The summed E-state index contributed by atoms with van der Waals surface area (Å²) in [4.78, 5) is 11.7. The van der Waals surface area contributed by atoms with Crippen LogP contribution in [0, 0.1) is 0 Å². The predicted molar refractivity (Wildman–Crippen MR) is 78.5 cm³/mol. The Morgan fingerprint density at radius 3 is 2.53 bits per heavy atom. The van der Waals surface area contributed by atoms with Gasteiger partial charge in [0.25, 0.3) is 0 Å². The molecule has 0 aliphatic rings. The normalized spacial score (nSPS) is 12.7. The van der Waals surface area contributed by atoms with E-state index in [1.807, 2.05) is 45.9 Å². The molecule has 1 amide bonds. The van der Waals surface area contributed by atoms with Crippen LogP contribution in [0.1, 0.15) is 39.3 Å². The SMILES string of the molecule is COc1ccc(Br)c(C(C)NC(=O)OC(C)(C)C)c1. The maximum atomic E-state index is 11.7. The van der Waals surface area contributed by atoms with Gasteiger partial charge in [-0.15, -0.1) is 0 Å². The number of carbonyl (C=O) groups excluding carboxylic acids is 1. The van der Waals surface area contributed by atoms with Gasteiger partial charge in [-0.3, -0.25) is 0 Å². The summed E-state index contributed by atoms with van der Waals surface area (Å²) in [5, 5.41) is 2.80. The molecule has 1 rings (SSSR count). The first-order valence-corrected chi connectivity index (χ1v) is 6.85. The van der Waals surface area contributed by atoms with Gasteiger partial charge < -0.3 is 14.8 Å². The van der Waals surface area contributed by atoms with E-state index in [1.54, 1.807) is 7.11 Å². The van der Waals surface area contributed by atoms with Crippen LogP contribution >= 0.6 is 15.9 Å². The predicted octanol–water partition coefficient (Wildman–Crippen LogP) is 4.04. The molecule has 19 heavy (non-hydrogen) atoms. The second-order valence-corrected chi connectivity index (χ2v) is 6.11. The summed E-state index contributed by atoms with van der Waals surface area (Å²) in [6.07, 6.45) is -0.435. The van der Waals surface area contributed by atoms with Crippen LogP contribution < -0.4 is 10.1 Å². The van der Waals surface area contributed by atoms with Crippen molar-refractivity contribution in [3.8, 4) is 5.75 Å². The number of rotatable bonds is 3. The number of hydrogen-bond acceptors (Lipinski definition) is 3. The number of benzene rings is 1. The average Bonchev–Trinajstić information content (AvgIpc) is 2.26. The lowest BCUT2D eigenvalue weighted by atomic mass is 10.1. The van der Waals surface area contributed by atoms with Crippen LogP contribution in [0.5, 0.6) is 5.75 Å². The number of alkyl carbamates (subject to hydrolysis) is 1. The van der Waals surface area contributed by atoms with Gasteiger partial charge in [0, 0.05) is 4.47 Å². The highest BCUT2D eigenvalue weighted by molar-refractivity contribution is 9.10. The summed E-state index contributed by atoms with van der Waals surface area (Å²) < 4.78 is 11.3. The van der Waals surface area contributed by atoms with Crippen molar-refractivity contribution in [1.29, 1.82) is 0 Å². The fourth-order valence-electron chi connectivity index (χ4n) is 1.54. The van der Waals surface area contributed by atoms with Crippen molar-refractivity contribution in [1.82, 2.24) is 5.32 Å². The van der Waals surface area contributed by atoms with E-state index >= 15 is 0 Å². The van der Waals surface area contributed by atoms with Crippen molar-refractivity contribution in [3.05, 3.63) is 28.2 Å². The number of amides is 1. The van der Waals surface area contributed by atoms with E-state index in [4.69, 9.17) is 9.47 Å². The summed E-state index contributed by atoms with van der Waals surface area (Å²) >= 11 is 3.46. The van der Waals surface area contributed by atoms with E-state index in [0.717, 1.165) is 15.8 Å². The minimum atomic E-state index is -0.505. The largest absolute Gasteiger partial charge is 0.497 e. The Balaban J connectivity index is 2.78. The minimum Gasteiger partial charge on any atom is -0.497 e. The molecule has 5 heteroatoms. The molecule has 0 spiro atoms. The number of nitrogens with one attached hydrogen (secondary N) is 1. The molecule has 1 aromatic rings. The van der Waals surface area contributed by atoms with E-state index in [2.05, 4.69) is 21.2 Å². The average molecular weight is 330 g/mol. The fourth-order valence-corrected chi connectivity index (χ4v) is 2.13. The quantitative estimate of drug-likeness (QED) is 0.910. The smallest absolute Gasteiger partial charge is 0.408 e. The van der Waals surface area contributed by atoms with Crippen molar-refractivity contribution in [3.63, 3.8) is 0 Å². The van der Waals surface area contributed by atoms with E-state index in [1.165, 1.54) is 0 Å². The van der Waals surface area contributed by atoms with Gasteiger partial charge >= 0.3 is 6.09 Å². The first-order chi connectivity index (χ1) is 8.73. The third-order valence-corrected chi connectivity index (χ3v) is 3.13. The molecule has 0 saturated heterocycles. The molecule has 1 unspecified atom stereocenters. The number of ether oxygens (including phenoxy) is 2. The van der Waals surface area contributed by atoms with Gasteiger partial charge in [-0.2, -0.15) is 0 Å². The Bertz CT molecular complexity index is 454. The molecule has 1 atom stereocenters. The van der Waals surface area contributed by atoms with E-state index < -0.39 is 11.7 Å². The highest BCUT2D eigenvalue weighted by atomic mass is 79.9. The maximum absolute atomic E-state index is 11.7. The Morgan fingerprint density at radius 1 is 1.37 bits per heavy atom. The number of methoxy groups -OCH3 is 1. The Hall–Kier alpha value is -1.23. The highest BCUT2D eigenvalue weighted by Crippen LogP contribution is 2.27. The van der Waals surface area contributed by atoms with Crippen molar-refractivity contribution < 1.29 is 14.3 Å². The standard InChI is InChI=1S/C14H20BrNO3/c1-9(16-13(17)19-14(2,3)4)11-8-10(18-5)6-7-12(11)15/h6-9H,1-5H3,(H,16,17). The minimum absolute atomic E-state index is 0.181. The molecule has 0 aromatic heterocycles. The van der Waals surface area contributed by atoms with Crippen molar-refractivity contribution in [2.45, 2.75) is 39.3 Å². The topological polar surface area (TPSA) is 47.6 Å². The van der Waals surface area contributed by atoms with Gasteiger partial charge in [-0.1, -0.05) is 15.9 Å². The number of hydrogen-bond donors (Lipinski definition) is 1. The second-order valence-electron chi connectivity index (χ2n) is 5.26. The number of halogens is 1. The molecular formula is C14H20BrNO3. The zero-order chi connectivity index (χ0) is 14.6. The second kappa shape index (κ2) is 6.28. The lowest BCUT2D eigenvalue weighted by Gasteiger charge is -2.22. The monoisotopic (exact) mass is 329 g/mol. The van der Waals surface area contributed by atoms with Gasteiger partial charge in [-0.05, 0) is 51.5 Å². The van der Waals surface area contributed by atoms with Gasteiger partial charge in [-0.25, -0.2) is 4.79 Å². The van der Waals surface area contributed by atoms with Crippen LogP contribution in [0.25, 0.3) is 0 Å². The van der Waals surface area contributed by atoms with E-state index in [-0.39, 0.29) is 6.04 Å². The molecule has 4 nitrogen and oxygen atoms in total. The Morgan fingerprint density at radius 2 is 2.00 bits per heavy atom. The molecule has 1 N–H and O–H groups in total. The first-order valence-electron chi connectivity index (χ1n) is 6.06. The summed E-state index contributed by atoms with van der Waals surface area (Å²) in [6.45, 7) is 7.39. The van der Waals surface area contributed by atoms with Crippen LogP contribution in [0.3, 0.4) is 0 Å². The summed E-state index contributed by atoms with van der Waals surface area (Å²) in [5.41, 5.74) is 0.431. The van der Waals surface area contributed by atoms with Crippen LogP contribution in [0.2, 0.25) is 0 Å². The Kier molecular flexibility index (Phi) is 5.23. The summed E-state index contributed by atoms with van der Waals surface area (Å²) in [5.74, 6) is 0.746. The van der Waals surface area contributed by atoms with Gasteiger partial charge in [0.15, 0.2) is 0 Å². The zero-order valence-electron chi connectivity index (χ0n) is 11.9. The third-order valence-electron chi connectivity index (χ3n) is 2.40. The molecule has 0 aliphatic carbocycles. The Labute approximate surface area is 122 Å². The molecular weight excluding hydrogens is 310 g/mol. The van der Waals surface area contributed by atoms with Gasteiger partial charge in [0.05, 0.1) is 13.2 Å². The van der Waals surface area contributed by atoms with E-state index in [9.17, 15) is 4.79 Å². The summed E-state index contributed by atoms with van der Waals surface area (Å²) in [7, 11) is 1.61. The molecule has 1 aromatic carbocycles. The first kappa shape index (κ1) is 15.8. The molecule has 106 valence electrons. The van der Waals surface area contributed by atoms with Gasteiger partial charge in [0.2, 0.25) is 0 Å². The lowest BCUT2D eigenvalue weighted by molar-refractivity contribution is 0.0507. The van der Waals surface area contributed by atoms with Crippen LogP contribution in [0.4, 0.5) is 4.79 Å².